The zero-order valence-electron chi connectivity index (χ0n) is 14.8. The van der Waals surface area contributed by atoms with E-state index < -0.39 is 16.5 Å². The summed E-state index contributed by atoms with van der Waals surface area (Å²) in [5.41, 5.74) is 2.83. The molecule has 1 nitrogen and oxygen atoms in total. The van der Waals surface area contributed by atoms with Gasteiger partial charge >= 0.3 is 0 Å². The molecule has 0 bridgehead atoms. The maximum atomic E-state index is 2.89. The van der Waals surface area contributed by atoms with Gasteiger partial charge in [-0.25, -0.2) is 0 Å². The zero-order valence-corrected chi connectivity index (χ0v) is 16.8. The van der Waals surface area contributed by atoms with Crippen LogP contribution in [0.1, 0.15) is 0 Å². The quantitative estimate of drug-likeness (QED) is 0.757. The Labute approximate surface area is 138 Å². The molecule has 0 saturated heterocycles. The Bertz CT molecular complexity index is 534. The van der Waals surface area contributed by atoms with Crippen LogP contribution in [-0.4, -0.2) is 27.5 Å². The zero-order chi connectivity index (χ0) is 16.4. The molecule has 0 N–H and O–H groups in total. The van der Waals surface area contributed by atoms with Crippen LogP contribution in [-0.2, 0) is 0 Å². The highest BCUT2D eigenvalue weighted by atomic mass is 28.4. The van der Waals surface area contributed by atoms with E-state index in [-0.39, 0.29) is 0 Å². The molecule has 0 aliphatic carbocycles. The van der Waals surface area contributed by atoms with Gasteiger partial charge in [0.05, 0.1) is 0 Å². The molecule has 2 aromatic carbocycles. The molecule has 0 atom stereocenters. The maximum Gasteiger partial charge on any atom is 0.278 e. The molecule has 0 radical (unpaired) electrons. The lowest BCUT2D eigenvalue weighted by Gasteiger charge is -2.48. The van der Waals surface area contributed by atoms with Crippen molar-refractivity contribution in [1.82, 2.24) is 4.14 Å². The van der Waals surface area contributed by atoms with Gasteiger partial charge in [-0.3, -0.25) is 0 Å². The van der Waals surface area contributed by atoms with E-state index in [1.54, 1.807) is 0 Å². The largest absolute Gasteiger partial charge is 0.380 e. The van der Waals surface area contributed by atoms with Gasteiger partial charge in [0, 0.05) is 0 Å². The molecule has 22 heavy (non-hydrogen) atoms. The Morgan fingerprint density at radius 1 is 0.591 bits per heavy atom. The molecule has 116 valence electrons. The summed E-state index contributed by atoms with van der Waals surface area (Å²) < 4.78 is 2.89. The topological polar surface area (TPSA) is 3.24 Å². The molecule has 0 fully saturated rings. The Hall–Kier alpha value is -1.10. The summed E-state index contributed by atoms with van der Waals surface area (Å²) in [6.07, 6.45) is 0. The minimum Gasteiger partial charge on any atom is -0.380 e. The van der Waals surface area contributed by atoms with Gasteiger partial charge in [-0.1, -0.05) is 111 Å². The first-order valence-corrected chi connectivity index (χ1v) is 15.0. The van der Waals surface area contributed by atoms with E-state index in [2.05, 4.69) is 104 Å². The van der Waals surface area contributed by atoms with Gasteiger partial charge in [0.2, 0.25) is 0 Å². The molecule has 0 aliphatic rings. The van der Waals surface area contributed by atoms with E-state index in [1.807, 2.05) is 0 Å². The Morgan fingerprint density at radius 3 is 1.18 bits per heavy atom. The molecule has 4 heteroatoms. The number of hydrogen-bond acceptors (Lipinski definition) is 1. The lowest BCUT2D eigenvalue weighted by Crippen LogP contribution is -2.72. The second-order valence-electron chi connectivity index (χ2n) is 7.94. The molecule has 0 aliphatic heterocycles. The predicted octanol–water partition coefficient (Wildman–Crippen LogP) is 3.76. The summed E-state index contributed by atoms with van der Waals surface area (Å²) >= 11 is 0. The van der Waals surface area contributed by atoms with Gasteiger partial charge in [0.1, 0.15) is 16.5 Å². The highest BCUT2D eigenvalue weighted by molar-refractivity contribution is 7.05. The van der Waals surface area contributed by atoms with E-state index in [1.165, 1.54) is 10.9 Å². The van der Waals surface area contributed by atoms with Crippen LogP contribution in [0.5, 0.6) is 0 Å². The normalized spacial score (nSPS) is 12.5. The van der Waals surface area contributed by atoms with Gasteiger partial charge in [-0.2, -0.15) is 0 Å². The van der Waals surface area contributed by atoms with E-state index in [0.717, 1.165) is 0 Å². The molecular formula is C18H28BNSi2. The lowest BCUT2D eigenvalue weighted by molar-refractivity contribution is 0.945. The van der Waals surface area contributed by atoms with Crippen LogP contribution in [0.3, 0.4) is 0 Å². The van der Waals surface area contributed by atoms with Gasteiger partial charge in [-0.15, -0.1) is 0 Å². The van der Waals surface area contributed by atoms with Gasteiger partial charge < -0.3 is 4.14 Å². The summed E-state index contributed by atoms with van der Waals surface area (Å²) in [4.78, 5) is 0. The van der Waals surface area contributed by atoms with Crippen molar-refractivity contribution >= 4 is 34.2 Å². The summed E-state index contributed by atoms with van der Waals surface area (Å²) in [6.45, 7) is 15.2. The molecule has 0 unspecified atom stereocenters. The van der Waals surface area contributed by atoms with E-state index in [9.17, 15) is 0 Å². The number of rotatable bonds is 5. The van der Waals surface area contributed by atoms with Crippen molar-refractivity contribution in [2.75, 3.05) is 0 Å². The second kappa shape index (κ2) is 6.57. The predicted molar refractivity (Wildman–Crippen MR) is 106 cm³/mol. The second-order valence-corrected chi connectivity index (χ2v) is 18.0. The van der Waals surface area contributed by atoms with Crippen LogP contribution in [0.25, 0.3) is 0 Å². The third kappa shape index (κ3) is 4.00. The Balaban J connectivity index is 2.62. The average molecular weight is 325 g/mol. The molecular weight excluding hydrogens is 297 g/mol. The Morgan fingerprint density at radius 2 is 0.909 bits per heavy atom. The smallest absolute Gasteiger partial charge is 0.278 e. The van der Waals surface area contributed by atoms with Crippen LogP contribution in [0, 0.1) is 0 Å². The number of benzene rings is 2. The van der Waals surface area contributed by atoms with Crippen LogP contribution < -0.4 is 10.9 Å². The first-order valence-electron chi connectivity index (χ1n) is 8.10. The van der Waals surface area contributed by atoms with Gasteiger partial charge in [-0.05, 0) is 0 Å². The standard InChI is InChI=1S/C18H28BNSi2/c1-21(2,3)20(22(4,5)6)19(17-13-9-7-10-14-17)18-15-11-8-12-16-18/h7-16H,1-6H3. The SMILES string of the molecule is C[Si](C)(C)N(B(c1ccccc1)c1ccccc1)[Si](C)(C)C. The molecule has 2 rings (SSSR count). The molecule has 2 aromatic rings. The third-order valence-electron chi connectivity index (χ3n) is 3.93. The van der Waals surface area contributed by atoms with Crippen molar-refractivity contribution in [2.45, 2.75) is 39.3 Å². The summed E-state index contributed by atoms with van der Waals surface area (Å²) in [7, 11) is -2.91. The maximum absolute atomic E-state index is 2.89. The molecule has 0 heterocycles. The van der Waals surface area contributed by atoms with Crippen LogP contribution in [0.15, 0.2) is 60.7 Å². The van der Waals surface area contributed by atoms with Crippen molar-refractivity contribution in [3.8, 4) is 0 Å². The van der Waals surface area contributed by atoms with Crippen LogP contribution in [0.4, 0.5) is 0 Å². The van der Waals surface area contributed by atoms with E-state index in [0.29, 0.717) is 6.85 Å². The van der Waals surface area contributed by atoms with Crippen LogP contribution >= 0.6 is 0 Å². The highest BCUT2D eigenvalue weighted by Gasteiger charge is 2.42. The summed E-state index contributed by atoms with van der Waals surface area (Å²) in [6, 6.07) is 22.0. The fraction of sp³-hybridized carbons (Fsp3) is 0.333. The monoisotopic (exact) mass is 325 g/mol. The molecule has 0 amide bonds. The van der Waals surface area contributed by atoms with Gasteiger partial charge in [0.25, 0.3) is 6.85 Å². The minimum absolute atomic E-state index is 0.376. The highest BCUT2D eigenvalue weighted by Crippen LogP contribution is 2.21. The van der Waals surface area contributed by atoms with Crippen LogP contribution in [0.2, 0.25) is 39.3 Å². The fourth-order valence-electron chi connectivity index (χ4n) is 3.54. The fourth-order valence-corrected chi connectivity index (χ4v) is 13.7. The van der Waals surface area contributed by atoms with Crippen molar-refractivity contribution in [3.05, 3.63) is 60.7 Å². The molecule has 0 saturated carbocycles. The van der Waals surface area contributed by atoms with Gasteiger partial charge in [0.15, 0.2) is 0 Å². The van der Waals surface area contributed by atoms with E-state index >= 15 is 0 Å². The first-order chi connectivity index (χ1) is 10.2. The first kappa shape index (κ1) is 17.3. The summed E-state index contributed by atoms with van der Waals surface area (Å²) in [5, 5.41) is 0. The van der Waals surface area contributed by atoms with E-state index in [4.69, 9.17) is 0 Å². The lowest BCUT2D eigenvalue weighted by atomic mass is 9.52. The average Bonchev–Trinajstić information content (AvgIpc) is 2.44. The number of hydrogen-bond donors (Lipinski definition) is 0. The van der Waals surface area contributed by atoms with Crippen molar-refractivity contribution in [1.29, 1.82) is 0 Å². The molecule has 0 aromatic heterocycles. The van der Waals surface area contributed by atoms with Crippen molar-refractivity contribution < 1.29 is 0 Å². The van der Waals surface area contributed by atoms with Crippen molar-refractivity contribution in [2.24, 2.45) is 0 Å². The molecule has 0 spiro atoms. The Kier molecular flexibility index (Phi) is 5.15. The summed E-state index contributed by atoms with van der Waals surface area (Å²) in [5.74, 6) is 0. The number of nitrogens with zero attached hydrogens (tertiary/aromatic N) is 1. The van der Waals surface area contributed by atoms with Crippen molar-refractivity contribution in [3.63, 3.8) is 0 Å². The third-order valence-corrected chi connectivity index (χ3v) is 11.4. The minimum atomic E-state index is -1.46.